The van der Waals surface area contributed by atoms with Crippen molar-refractivity contribution in [2.45, 2.75) is 36.4 Å². The number of aromatic nitrogens is 3. The maximum atomic E-state index is 5.88. The zero-order valence-corrected chi connectivity index (χ0v) is 13.0. The minimum absolute atomic E-state index is 0.183. The first-order chi connectivity index (χ1) is 10.1. The Labute approximate surface area is 128 Å². The number of aryl methyl sites for hydroxylation is 1. The predicted molar refractivity (Wildman–Crippen MR) is 85.6 cm³/mol. The summed E-state index contributed by atoms with van der Waals surface area (Å²) in [6, 6.07) is 12.6. The van der Waals surface area contributed by atoms with Gasteiger partial charge in [0.25, 0.3) is 0 Å². The highest BCUT2D eigenvalue weighted by Crippen LogP contribution is 2.28. The van der Waals surface area contributed by atoms with E-state index in [-0.39, 0.29) is 6.04 Å². The molecule has 2 aromatic heterocycles. The van der Waals surface area contributed by atoms with Crippen molar-refractivity contribution in [2.75, 3.05) is 0 Å². The molecule has 21 heavy (non-hydrogen) atoms. The lowest BCUT2D eigenvalue weighted by atomic mass is 10.0. The molecule has 0 radical (unpaired) electrons. The normalized spacial score (nSPS) is 12.7. The van der Waals surface area contributed by atoms with Crippen molar-refractivity contribution in [3.63, 3.8) is 0 Å². The van der Waals surface area contributed by atoms with E-state index >= 15 is 0 Å². The van der Waals surface area contributed by atoms with Crippen molar-refractivity contribution in [1.29, 1.82) is 0 Å². The van der Waals surface area contributed by atoms with E-state index in [0.29, 0.717) is 0 Å². The van der Waals surface area contributed by atoms with Crippen molar-refractivity contribution >= 4 is 17.4 Å². The van der Waals surface area contributed by atoms with Gasteiger partial charge < -0.3 is 5.73 Å². The second-order valence-corrected chi connectivity index (χ2v) is 6.32. The van der Waals surface area contributed by atoms with Gasteiger partial charge in [-0.2, -0.15) is 0 Å². The summed E-state index contributed by atoms with van der Waals surface area (Å²) in [5, 5.41) is 9.30. The topological polar surface area (TPSA) is 56.2 Å². The lowest BCUT2D eigenvalue weighted by Gasteiger charge is -2.10. The maximum Gasteiger partial charge on any atom is 0.200 e. The van der Waals surface area contributed by atoms with E-state index in [2.05, 4.69) is 35.3 Å². The van der Waals surface area contributed by atoms with E-state index in [4.69, 9.17) is 5.73 Å². The predicted octanol–water partition coefficient (Wildman–Crippen LogP) is 3.08. The van der Waals surface area contributed by atoms with Crippen LogP contribution in [0, 0.1) is 6.92 Å². The molecule has 0 aliphatic heterocycles. The van der Waals surface area contributed by atoms with Crippen molar-refractivity contribution in [1.82, 2.24) is 14.6 Å². The number of hydrogen-bond donors (Lipinski definition) is 1. The highest BCUT2D eigenvalue weighted by molar-refractivity contribution is 7.99. The molecule has 1 atom stereocenters. The van der Waals surface area contributed by atoms with E-state index in [0.717, 1.165) is 17.2 Å². The van der Waals surface area contributed by atoms with Gasteiger partial charge in [-0.3, -0.25) is 4.40 Å². The molecule has 108 valence electrons. The molecule has 1 unspecified atom stereocenters. The summed E-state index contributed by atoms with van der Waals surface area (Å²) >= 11 is 1.62. The third-order valence-electron chi connectivity index (χ3n) is 3.35. The van der Waals surface area contributed by atoms with E-state index < -0.39 is 0 Å². The number of nitrogens with two attached hydrogens (primary N) is 1. The molecule has 0 aliphatic carbocycles. The van der Waals surface area contributed by atoms with Crippen LogP contribution in [-0.2, 0) is 6.42 Å². The van der Waals surface area contributed by atoms with Crippen LogP contribution in [0.15, 0.2) is 52.6 Å². The van der Waals surface area contributed by atoms with E-state index in [1.54, 1.807) is 11.8 Å². The molecule has 0 saturated carbocycles. The lowest BCUT2D eigenvalue weighted by molar-refractivity contribution is 0.734. The molecule has 0 aliphatic rings. The van der Waals surface area contributed by atoms with Gasteiger partial charge in [-0.25, -0.2) is 0 Å². The number of nitrogens with zero attached hydrogens (tertiary/aromatic N) is 3. The molecule has 0 saturated heterocycles. The summed E-state index contributed by atoms with van der Waals surface area (Å²) in [6.45, 7) is 4.16. The average molecular weight is 298 g/mol. The van der Waals surface area contributed by atoms with Gasteiger partial charge in [-0.15, -0.1) is 10.2 Å². The molecule has 3 rings (SSSR count). The third kappa shape index (κ3) is 3.09. The monoisotopic (exact) mass is 298 g/mol. The van der Waals surface area contributed by atoms with Crippen LogP contribution in [0.4, 0.5) is 0 Å². The Kier molecular flexibility index (Phi) is 3.94. The number of fused-ring (bicyclic) bond motifs is 1. The fourth-order valence-corrected chi connectivity index (χ4v) is 3.22. The van der Waals surface area contributed by atoms with Gasteiger partial charge in [0.05, 0.1) is 0 Å². The van der Waals surface area contributed by atoms with Crippen molar-refractivity contribution < 1.29 is 0 Å². The maximum absolute atomic E-state index is 5.88. The van der Waals surface area contributed by atoms with E-state index in [9.17, 15) is 0 Å². The lowest BCUT2D eigenvalue weighted by Crippen LogP contribution is -2.18. The van der Waals surface area contributed by atoms with Gasteiger partial charge in [0.15, 0.2) is 10.8 Å². The summed E-state index contributed by atoms with van der Waals surface area (Å²) in [4.78, 5) is 1.17. The van der Waals surface area contributed by atoms with Crippen LogP contribution in [0.1, 0.15) is 18.1 Å². The molecule has 1 aromatic carbocycles. The van der Waals surface area contributed by atoms with Crippen LogP contribution in [0.5, 0.6) is 0 Å². The van der Waals surface area contributed by atoms with Crippen LogP contribution >= 0.6 is 11.8 Å². The highest BCUT2D eigenvalue weighted by atomic mass is 32.2. The summed E-state index contributed by atoms with van der Waals surface area (Å²) < 4.78 is 2.00. The number of hydrogen-bond acceptors (Lipinski definition) is 4. The molecular weight excluding hydrogens is 280 g/mol. The number of benzene rings is 1. The molecule has 0 spiro atoms. The summed E-state index contributed by atoms with van der Waals surface area (Å²) in [7, 11) is 0. The molecule has 2 N–H and O–H groups in total. The third-order valence-corrected chi connectivity index (χ3v) is 4.30. The van der Waals surface area contributed by atoms with Crippen molar-refractivity contribution in [3.05, 3.63) is 53.7 Å². The standard InChI is InChI=1S/C16H18N4S/c1-11-9-14(7-6-13(11)10-12(2)17)21-16-19-18-15-5-3-4-8-20(15)16/h3-9,12H,10,17H2,1-2H3. The van der Waals surface area contributed by atoms with E-state index in [1.807, 2.05) is 35.7 Å². The SMILES string of the molecule is Cc1cc(Sc2nnc3ccccn23)ccc1CC(C)N. The Balaban J connectivity index is 1.86. The van der Waals surface area contributed by atoms with Crippen LogP contribution in [-0.4, -0.2) is 20.6 Å². The van der Waals surface area contributed by atoms with Crippen LogP contribution in [0.25, 0.3) is 5.65 Å². The Morgan fingerprint density at radius 1 is 1.24 bits per heavy atom. The fourth-order valence-electron chi connectivity index (χ4n) is 2.30. The molecule has 4 nitrogen and oxygen atoms in total. The Morgan fingerprint density at radius 3 is 2.86 bits per heavy atom. The van der Waals surface area contributed by atoms with Crippen LogP contribution < -0.4 is 5.73 Å². The second kappa shape index (κ2) is 5.87. The minimum atomic E-state index is 0.183. The number of pyridine rings is 1. The first-order valence-corrected chi connectivity index (χ1v) is 7.78. The van der Waals surface area contributed by atoms with Crippen LogP contribution in [0.2, 0.25) is 0 Å². The smallest absolute Gasteiger partial charge is 0.200 e. The van der Waals surface area contributed by atoms with Gasteiger partial charge in [0.1, 0.15) is 0 Å². The van der Waals surface area contributed by atoms with Gasteiger partial charge in [0, 0.05) is 17.1 Å². The van der Waals surface area contributed by atoms with Gasteiger partial charge in [0.2, 0.25) is 0 Å². The molecule has 0 bridgehead atoms. The zero-order chi connectivity index (χ0) is 14.8. The van der Waals surface area contributed by atoms with Crippen LogP contribution in [0.3, 0.4) is 0 Å². The minimum Gasteiger partial charge on any atom is -0.328 e. The largest absolute Gasteiger partial charge is 0.328 e. The Hall–Kier alpha value is -1.85. The zero-order valence-electron chi connectivity index (χ0n) is 12.2. The molecule has 5 heteroatoms. The highest BCUT2D eigenvalue weighted by Gasteiger charge is 2.08. The quantitative estimate of drug-likeness (QED) is 0.804. The fraction of sp³-hybridized carbons (Fsp3) is 0.250. The first kappa shape index (κ1) is 14.1. The molecular formula is C16H18N4S. The van der Waals surface area contributed by atoms with Gasteiger partial charge in [-0.05, 0) is 67.4 Å². The van der Waals surface area contributed by atoms with Gasteiger partial charge in [-0.1, -0.05) is 12.1 Å². The average Bonchev–Trinajstić information content (AvgIpc) is 2.85. The van der Waals surface area contributed by atoms with Crippen molar-refractivity contribution in [2.24, 2.45) is 5.73 Å². The van der Waals surface area contributed by atoms with Gasteiger partial charge >= 0.3 is 0 Å². The Bertz CT molecular complexity index is 764. The molecule has 2 heterocycles. The summed E-state index contributed by atoms with van der Waals surface area (Å²) in [5.74, 6) is 0. The second-order valence-electron chi connectivity index (χ2n) is 5.28. The van der Waals surface area contributed by atoms with Crippen molar-refractivity contribution in [3.8, 4) is 0 Å². The molecule has 0 amide bonds. The summed E-state index contributed by atoms with van der Waals surface area (Å²) in [6.07, 6.45) is 2.89. The molecule has 3 aromatic rings. The molecule has 0 fully saturated rings. The Morgan fingerprint density at radius 2 is 2.10 bits per heavy atom. The summed E-state index contributed by atoms with van der Waals surface area (Å²) in [5.41, 5.74) is 9.32. The number of rotatable bonds is 4. The van der Waals surface area contributed by atoms with E-state index in [1.165, 1.54) is 16.0 Å². The first-order valence-electron chi connectivity index (χ1n) is 6.96.